The maximum absolute atomic E-state index is 11.1. The number of hydrogen-bond donors (Lipinski definition) is 2. The molecule has 106 valence electrons. The van der Waals surface area contributed by atoms with Gasteiger partial charge < -0.3 is 5.32 Å². The fourth-order valence-corrected chi connectivity index (χ4v) is 2.98. The molecule has 0 saturated heterocycles. The van der Waals surface area contributed by atoms with Crippen LogP contribution in [0, 0.1) is 0 Å². The van der Waals surface area contributed by atoms with Gasteiger partial charge in [0.15, 0.2) is 0 Å². The van der Waals surface area contributed by atoms with Crippen LogP contribution in [0.3, 0.4) is 0 Å². The molecule has 5 nitrogen and oxygen atoms in total. The van der Waals surface area contributed by atoms with Crippen LogP contribution in [-0.2, 0) is 4.79 Å². The van der Waals surface area contributed by atoms with Gasteiger partial charge in [0.25, 0.3) is 0 Å². The monoisotopic (exact) mass is 330 g/mol. The highest BCUT2D eigenvalue weighted by atomic mass is 35.5. The third-order valence-corrected chi connectivity index (χ3v) is 4.02. The van der Waals surface area contributed by atoms with E-state index in [1.165, 1.54) is 18.3 Å². The highest BCUT2D eigenvalue weighted by Crippen LogP contribution is 2.40. The molecular formula is C12H12Cl2N4OS. The Kier molecular flexibility index (Phi) is 4.47. The van der Waals surface area contributed by atoms with Crippen LogP contribution < -0.4 is 10.7 Å². The number of carbonyl (C=O) groups excluding carboxylic acids is 1. The Morgan fingerprint density at radius 2 is 2.05 bits per heavy atom. The number of rotatable bonds is 3. The lowest BCUT2D eigenvalue weighted by molar-refractivity contribution is -0.114. The molecule has 1 aromatic heterocycles. The van der Waals surface area contributed by atoms with Crippen LogP contribution in [0.5, 0.6) is 0 Å². The molecule has 2 N–H and O–H groups in total. The first-order valence-corrected chi connectivity index (χ1v) is 7.28. The second-order valence-corrected chi connectivity index (χ2v) is 6.05. The predicted molar refractivity (Wildman–Crippen MR) is 86.3 cm³/mol. The van der Waals surface area contributed by atoms with Crippen molar-refractivity contribution in [3.63, 3.8) is 0 Å². The minimum absolute atomic E-state index is 0.212. The Hall–Kier alpha value is -1.37. The molecule has 2 aromatic rings. The molecule has 0 radical (unpaired) electrons. The number of carbonyl (C=O) groups is 1. The van der Waals surface area contributed by atoms with Crippen molar-refractivity contribution in [2.75, 3.05) is 10.7 Å². The molecule has 0 aliphatic heterocycles. The van der Waals surface area contributed by atoms with Crippen LogP contribution in [0.4, 0.5) is 10.8 Å². The van der Waals surface area contributed by atoms with E-state index in [0.29, 0.717) is 31.1 Å². The SMILES string of the molecule is CC(=O)Nc1cc(Cl)c2nc(NN=C(C)C)sc2c1Cl. The number of anilines is 2. The number of thiazole rings is 1. The number of amides is 1. The zero-order valence-corrected chi connectivity index (χ0v) is 13.4. The highest BCUT2D eigenvalue weighted by Gasteiger charge is 2.15. The van der Waals surface area contributed by atoms with Crippen LogP contribution in [0.1, 0.15) is 20.8 Å². The maximum atomic E-state index is 11.1. The zero-order valence-electron chi connectivity index (χ0n) is 11.0. The van der Waals surface area contributed by atoms with Crippen molar-refractivity contribution in [2.45, 2.75) is 20.8 Å². The van der Waals surface area contributed by atoms with Crippen LogP contribution in [-0.4, -0.2) is 16.6 Å². The van der Waals surface area contributed by atoms with Crippen LogP contribution in [0.25, 0.3) is 10.2 Å². The van der Waals surface area contributed by atoms with Crippen molar-refractivity contribution in [1.82, 2.24) is 4.98 Å². The third kappa shape index (κ3) is 3.20. The fraction of sp³-hybridized carbons (Fsp3) is 0.250. The van der Waals surface area contributed by atoms with Gasteiger partial charge in [-0.25, -0.2) is 4.98 Å². The van der Waals surface area contributed by atoms with Crippen molar-refractivity contribution in [3.05, 3.63) is 16.1 Å². The first-order chi connectivity index (χ1) is 9.38. The number of nitrogens with zero attached hydrogens (tertiary/aromatic N) is 2. The molecular weight excluding hydrogens is 319 g/mol. The van der Waals surface area contributed by atoms with Crippen LogP contribution in [0.2, 0.25) is 10.0 Å². The van der Waals surface area contributed by atoms with E-state index in [4.69, 9.17) is 23.2 Å². The Morgan fingerprint density at radius 3 is 2.65 bits per heavy atom. The minimum atomic E-state index is -0.212. The number of hydrazone groups is 1. The van der Waals surface area contributed by atoms with E-state index in [1.807, 2.05) is 13.8 Å². The third-order valence-electron chi connectivity index (χ3n) is 2.25. The standard InChI is InChI=1S/C12H12Cl2N4OS/c1-5(2)17-18-12-16-10-7(13)4-8(15-6(3)19)9(14)11(10)20-12/h4H,1-3H3,(H,15,19)(H,16,18). The second kappa shape index (κ2) is 5.95. The van der Waals surface area contributed by atoms with Gasteiger partial charge in [-0.15, -0.1) is 0 Å². The summed E-state index contributed by atoms with van der Waals surface area (Å²) in [6.07, 6.45) is 0. The molecule has 20 heavy (non-hydrogen) atoms. The van der Waals surface area contributed by atoms with E-state index in [1.54, 1.807) is 6.07 Å². The van der Waals surface area contributed by atoms with Gasteiger partial charge in [0.1, 0.15) is 5.52 Å². The first-order valence-electron chi connectivity index (χ1n) is 5.71. The summed E-state index contributed by atoms with van der Waals surface area (Å²) in [5.41, 5.74) is 4.77. The summed E-state index contributed by atoms with van der Waals surface area (Å²) in [4.78, 5) is 15.5. The summed E-state index contributed by atoms with van der Waals surface area (Å²) in [5.74, 6) is -0.212. The lowest BCUT2D eigenvalue weighted by Crippen LogP contribution is -2.06. The van der Waals surface area contributed by atoms with Gasteiger partial charge in [0.05, 0.1) is 20.4 Å². The molecule has 1 amide bonds. The van der Waals surface area contributed by atoms with E-state index < -0.39 is 0 Å². The van der Waals surface area contributed by atoms with Gasteiger partial charge in [-0.3, -0.25) is 10.2 Å². The molecule has 0 bridgehead atoms. The average molecular weight is 331 g/mol. The second-order valence-electron chi connectivity index (χ2n) is 4.27. The van der Waals surface area contributed by atoms with Crippen LogP contribution in [0.15, 0.2) is 11.2 Å². The Balaban J connectivity index is 2.50. The van der Waals surface area contributed by atoms with Crippen molar-refractivity contribution in [2.24, 2.45) is 5.10 Å². The van der Waals surface area contributed by atoms with Crippen molar-refractivity contribution in [3.8, 4) is 0 Å². The highest BCUT2D eigenvalue weighted by molar-refractivity contribution is 7.23. The number of fused-ring (bicyclic) bond motifs is 1. The topological polar surface area (TPSA) is 66.4 Å². The summed E-state index contributed by atoms with van der Waals surface area (Å²) in [6, 6.07) is 1.59. The molecule has 0 saturated carbocycles. The van der Waals surface area contributed by atoms with Crippen LogP contribution >= 0.6 is 34.5 Å². The van der Waals surface area contributed by atoms with Gasteiger partial charge in [0.2, 0.25) is 11.0 Å². The smallest absolute Gasteiger partial charge is 0.221 e. The Morgan fingerprint density at radius 1 is 1.35 bits per heavy atom. The largest absolute Gasteiger partial charge is 0.325 e. The lowest BCUT2D eigenvalue weighted by atomic mass is 10.3. The number of halogens is 2. The number of benzene rings is 1. The molecule has 0 spiro atoms. The molecule has 0 atom stereocenters. The number of aromatic nitrogens is 1. The quantitative estimate of drug-likeness (QED) is 0.648. The molecule has 0 fully saturated rings. The van der Waals surface area contributed by atoms with E-state index >= 15 is 0 Å². The lowest BCUT2D eigenvalue weighted by Gasteiger charge is -2.06. The summed E-state index contributed by atoms with van der Waals surface area (Å²) < 4.78 is 0.703. The van der Waals surface area contributed by atoms with Crippen molar-refractivity contribution >= 4 is 67.2 Å². The molecule has 1 aromatic carbocycles. The number of hydrogen-bond acceptors (Lipinski definition) is 5. The van der Waals surface area contributed by atoms with Gasteiger partial charge in [0, 0.05) is 12.6 Å². The zero-order chi connectivity index (χ0) is 14.9. The van der Waals surface area contributed by atoms with E-state index in [0.717, 1.165) is 5.71 Å². The summed E-state index contributed by atoms with van der Waals surface area (Å²) in [5, 5.41) is 8.15. The van der Waals surface area contributed by atoms with E-state index in [2.05, 4.69) is 20.8 Å². The summed E-state index contributed by atoms with van der Waals surface area (Å²) in [6.45, 7) is 5.15. The van der Waals surface area contributed by atoms with E-state index in [-0.39, 0.29) is 5.91 Å². The van der Waals surface area contributed by atoms with Gasteiger partial charge in [-0.1, -0.05) is 34.5 Å². The fourth-order valence-electron chi connectivity index (χ4n) is 1.50. The average Bonchev–Trinajstić information content (AvgIpc) is 2.77. The number of nitrogens with one attached hydrogen (secondary N) is 2. The summed E-state index contributed by atoms with van der Waals surface area (Å²) in [7, 11) is 0. The summed E-state index contributed by atoms with van der Waals surface area (Å²) >= 11 is 13.8. The minimum Gasteiger partial charge on any atom is -0.325 e. The van der Waals surface area contributed by atoms with Gasteiger partial charge in [-0.2, -0.15) is 5.10 Å². The van der Waals surface area contributed by atoms with Crippen molar-refractivity contribution in [1.29, 1.82) is 0 Å². The predicted octanol–water partition coefficient (Wildman–Crippen LogP) is 4.37. The Bertz CT molecular complexity index is 707. The van der Waals surface area contributed by atoms with Gasteiger partial charge >= 0.3 is 0 Å². The maximum Gasteiger partial charge on any atom is 0.221 e. The van der Waals surface area contributed by atoms with E-state index in [9.17, 15) is 4.79 Å². The molecule has 0 aliphatic rings. The van der Waals surface area contributed by atoms with Crippen molar-refractivity contribution < 1.29 is 4.79 Å². The molecule has 0 aliphatic carbocycles. The normalized spacial score (nSPS) is 10.4. The molecule has 2 rings (SSSR count). The van der Waals surface area contributed by atoms with Gasteiger partial charge in [-0.05, 0) is 19.9 Å². The molecule has 0 unspecified atom stereocenters. The Labute approximate surface area is 130 Å². The first kappa shape index (κ1) is 15.0. The molecule has 1 heterocycles. The molecule has 8 heteroatoms.